The van der Waals surface area contributed by atoms with E-state index in [-0.39, 0.29) is 13.0 Å². The lowest BCUT2D eigenvalue weighted by atomic mass is 9.72. The second kappa shape index (κ2) is 5.66. The molecule has 2 heterocycles. The number of halogens is 2. The average Bonchev–Trinajstić information content (AvgIpc) is 2.35. The summed E-state index contributed by atoms with van der Waals surface area (Å²) in [5.74, 6) is -4.94. The van der Waals surface area contributed by atoms with Gasteiger partial charge in [-0.25, -0.2) is 18.4 Å². The zero-order chi connectivity index (χ0) is 16.7. The maximum Gasteiger partial charge on any atom is 0.411 e. The number of nitrogens with zero attached hydrogens (tertiary/aromatic N) is 1. The molecule has 0 aromatic rings. The van der Waals surface area contributed by atoms with Crippen LogP contribution in [-0.4, -0.2) is 47.2 Å². The van der Waals surface area contributed by atoms with Crippen molar-refractivity contribution in [1.29, 1.82) is 0 Å². The molecule has 0 aromatic heterocycles. The Labute approximate surface area is 128 Å². The molecule has 0 unspecified atom stereocenters. The van der Waals surface area contributed by atoms with E-state index >= 15 is 0 Å². The van der Waals surface area contributed by atoms with Crippen LogP contribution in [0.4, 0.5) is 13.6 Å². The van der Waals surface area contributed by atoms with Crippen molar-refractivity contribution >= 4 is 12.1 Å². The van der Waals surface area contributed by atoms with Gasteiger partial charge < -0.3 is 9.47 Å². The highest BCUT2D eigenvalue weighted by atomic mass is 19.3. The number of alkyl halides is 2. The van der Waals surface area contributed by atoms with Gasteiger partial charge >= 0.3 is 12.1 Å². The van der Waals surface area contributed by atoms with Crippen LogP contribution < -0.4 is 0 Å². The first-order valence-electron chi connectivity index (χ1n) is 7.62. The number of piperidine rings is 2. The van der Waals surface area contributed by atoms with Crippen LogP contribution in [0.15, 0.2) is 0 Å². The summed E-state index contributed by atoms with van der Waals surface area (Å²) in [6.07, 6.45) is -0.487. The fourth-order valence-corrected chi connectivity index (χ4v) is 3.28. The number of carbonyl (C=O) groups is 2. The predicted octanol–water partition coefficient (Wildman–Crippen LogP) is 2.97. The van der Waals surface area contributed by atoms with Gasteiger partial charge in [-0.2, -0.15) is 0 Å². The Morgan fingerprint density at radius 2 is 1.91 bits per heavy atom. The molecular formula is C15H23F2NO4. The molecule has 3 atom stereocenters. The van der Waals surface area contributed by atoms with E-state index in [2.05, 4.69) is 0 Å². The number of ether oxygens (including phenoxy) is 2. The van der Waals surface area contributed by atoms with Gasteiger partial charge in [0.1, 0.15) is 11.6 Å². The van der Waals surface area contributed by atoms with Crippen molar-refractivity contribution in [3.8, 4) is 0 Å². The fourth-order valence-electron chi connectivity index (χ4n) is 3.28. The van der Waals surface area contributed by atoms with E-state index in [1.165, 1.54) is 4.90 Å². The molecular weight excluding hydrogens is 296 g/mol. The topological polar surface area (TPSA) is 55.8 Å². The van der Waals surface area contributed by atoms with Crippen molar-refractivity contribution in [2.24, 2.45) is 5.92 Å². The predicted molar refractivity (Wildman–Crippen MR) is 74.6 cm³/mol. The van der Waals surface area contributed by atoms with Crippen molar-refractivity contribution in [1.82, 2.24) is 4.90 Å². The number of rotatable bonds is 2. The Morgan fingerprint density at radius 1 is 1.27 bits per heavy atom. The fraction of sp³-hybridized carbons (Fsp3) is 0.867. The molecule has 3 aliphatic rings. The summed E-state index contributed by atoms with van der Waals surface area (Å²) < 4.78 is 38.5. The Balaban J connectivity index is 2.30. The largest absolute Gasteiger partial charge is 0.464 e. The van der Waals surface area contributed by atoms with Crippen molar-refractivity contribution in [2.45, 2.75) is 70.6 Å². The number of hydrogen-bond acceptors (Lipinski definition) is 4. The van der Waals surface area contributed by atoms with E-state index in [0.717, 1.165) is 0 Å². The highest BCUT2D eigenvalue weighted by Crippen LogP contribution is 2.49. The Bertz CT molecular complexity index is 461. The molecule has 22 heavy (non-hydrogen) atoms. The Kier molecular flexibility index (Phi) is 4.37. The third-order valence-electron chi connectivity index (χ3n) is 4.07. The normalized spacial score (nSPS) is 30.1. The van der Waals surface area contributed by atoms with Gasteiger partial charge in [0.2, 0.25) is 0 Å². The van der Waals surface area contributed by atoms with Gasteiger partial charge in [0.15, 0.2) is 0 Å². The molecule has 2 bridgehead atoms. The van der Waals surface area contributed by atoms with Crippen molar-refractivity contribution < 1.29 is 27.8 Å². The van der Waals surface area contributed by atoms with Crippen molar-refractivity contribution in [2.75, 3.05) is 6.61 Å². The lowest BCUT2D eigenvalue weighted by Gasteiger charge is -2.52. The zero-order valence-electron chi connectivity index (χ0n) is 13.4. The molecule has 3 rings (SSSR count). The molecule has 2 saturated heterocycles. The minimum absolute atomic E-state index is 0.0838. The van der Waals surface area contributed by atoms with Crippen molar-refractivity contribution in [3.05, 3.63) is 0 Å². The average molecular weight is 319 g/mol. The summed E-state index contributed by atoms with van der Waals surface area (Å²) >= 11 is 0. The van der Waals surface area contributed by atoms with Gasteiger partial charge in [0.25, 0.3) is 5.92 Å². The number of amides is 1. The van der Waals surface area contributed by atoms with Crippen LogP contribution in [0.2, 0.25) is 0 Å². The molecule has 5 nitrogen and oxygen atoms in total. The highest BCUT2D eigenvalue weighted by Gasteiger charge is 2.61. The van der Waals surface area contributed by atoms with E-state index in [1.54, 1.807) is 27.7 Å². The summed E-state index contributed by atoms with van der Waals surface area (Å²) in [6.45, 7) is 6.78. The maximum atomic E-state index is 14.1. The minimum Gasteiger partial charge on any atom is -0.464 e. The van der Waals surface area contributed by atoms with Crippen LogP contribution in [-0.2, 0) is 14.3 Å². The first-order chi connectivity index (χ1) is 10.1. The number of fused-ring (bicyclic) bond motifs is 3. The standard InChI is InChI=1S/C15H23F2NO4/c1-5-21-12(19)11-10-7-6-9(8-15(10,16)17)18(11)13(20)22-14(2,3)4/h9-11H,5-8H2,1-4H3/t9-,10-,11-/m0/s1. The highest BCUT2D eigenvalue weighted by molar-refractivity contribution is 5.83. The smallest absolute Gasteiger partial charge is 0.411 e. The summed E-state index contributed by atoms with van der Waals surface area (Å²) in [4.78, 5) is 25.7. The maximum absolute atomic E-state index is 14.1. The SMILES string of the molecule is CCOC(=O)[C@@H]1[C@@H]2CC[C@@H](CC2(F)F)N1C(=O)OC(C)(C)C. The summed E-state index contributed by atoms with van der Waals surface area (Å²) in [7, 11) is 0. The zero-order valence-corrected chi connectivity index (χ0v) is 13.4. The monoisotopic (exact) mass is 319 g/mol. The molecule has 1 amide bonds. The van der Waals surface area contributed by atoms with Crippen molar-refractivity contribution in [3.63, 3.8) is 0 Å². The summed E-state index contributed by atoms with van der Waals surface area (Å²) in [6, 6.07) is -1.96. The number of esters is 1. The van der Waals surface area contributed by atoms with Crippen LogP contribution >= 0.6 is 0 Å². The number of hydrogen-bond donors (Lipinski definition) is 0. The van der Waals surface area contributed by atoms with Gasteiger partial charge in [-0.15, -0.1) is 0 Å². The lowest BCUT2D eigenvalue weighted by Crippen LogP contribution is -2.67. The third kappa shape index (κ3) is 3.17. The van der Waals surface area contributed by atoms with E-state index < -0.39 is 48.0 Å². The summed E-state index contributed by atoms with van der Waals surface area (Å²) in [5, 5.41) is 0. The van der Waals surface area contributed by atoms with Crippen LogP contribution in [0.5, 0.6) is 0 Å². The summed E-state index contributed by atoms with van der Waals surface area (Å²) in [5.41, 5.74) is -0.754. The minimum atomic E-state index is -2.96. The van der Waals surface area contributed by atoms with E-state index in [1.807, 2.05) is 0 Å². The second-order valence-corrected chi connectivity index (χ2v) is 6.89. The third-order valence-corrected chi connectivity index (χ3v) is 4.07. The molecule has 0 radical (unpaired) electrons. The van der Waals surface area contributed by atoms with Gasteiger partial charge in [0, 0.05) is 12.5 Å². The van der Waals surface area contributed by atoms with Gasteiger partial charge in [-0.3, -0.25) is 4.90 Å². The van der Waals surface area contributed by atoms with E-state index in [9.17, 15) is 18.4 Å². The van der Waals surface area contributed by atoms with Crippen LogP contribution in [0.1, 0.15) is 47.0 Å². The molecule has 0 N–H and O–H groups in total. The van der Waals surface area contributed by atoms with Crippen LogP contribution in [0.25, 0.3) is 0 Å². The quantitative estimate of drug-likeness (QED) is 0.734. The van der Waals surface area contributed by atoms with E-state index in [0.29, 0.717) is 6.42 Å². The molecule has 7 heteroatoms. The second-order valence-electron chi connectivity index (χ2n) is 6.89. The first kappa shape index (κ1) is 17.0. The molecule has 1 saturated carbocycles. The van der Waals surface area contributed by atoms with Gasteiger partial charge in [-0.1, -0.05) is 0 Å². The molecule has 3 fully saturated rings. The molecule has 2 aliphatic heterocycles. The first-order valence-corrected chi connectivity index (χ1v) is 7.62. The molecule has 1 aliphatic carbocycles. The van der Waals surface area contributed by atoms with Crippen LogP contribution in [0, 0.1) is 5.92 Å². The molecule has 0 spiro atoms. The molecule has 126 valence electrons. The molecule has 0 aromatic carbocycles. The van der Waals surface area contributed by atoms with Gasteiger partial charge in [-0.05, 0) is 40.5 Å². The van der Waals surface area contributed by atoms with Gasteiger partial charge in [0.05, 0.1) is 12.5 Å². The Morgan fingerprint density at radius 3 is 2.41 bits per heavy atom. The van der Waals surface area contributed by atoms with E-state index in [4.69, 9.17) is 9.47 Å². The van der Waals surface area contributed by atoms with Crippen LogP contribution in [0.3, 0.4) is 0 Å². The Hall–Kier alpha value is -1.40. The lowest BCUT2D eigenvalue weighted by molar-refractivity contribution is -0.195. The number of carbonyl (C=O) groups excluding carboxylic acids is 2.